The zero-order valence-electron chi connectivity index (χ0n) is 14.6. The number of hydrogen-bond donors (Lipinski definition) is 2. The first-order valence-corrected chi connectivity index (χ1v) is 9.10. The summed E-state index contributed by atoms with van der Waals surface area (Å²) in [5, 5.41) is 2.96. The number of benzene rings is 1. The van der Waals surface area contributed by atoms with Crippen molar-refractivity contribution in [1.29, 1.82) is 0 Å². The fourth-order valence-electron chi connectivity index (χ4n) is 3.61. The second-order valence-electron chi connectivity index (χ2n) is 7.02. The fourth-order valence-corrected chi connectivity index (χ4v) is 3.61. The van der Waals surface area contributed by atoms with Gasteiger partial charge in [0.2, 0.25) is 11.8 Å². The third kappa shape index (κ3) is 5.03. The largest absolute Gasteiger partial charge is 0.369 e. The van der Waals surface area contributed by atoms with Crippen LogP contribution >= 0.6 is 0 Å². The molecule has 2 saturated heterocycles. The summed E-state index contributed by atoms with van der Waals surface area (Å²) in [6.07, 6.45) is 3.37. The van der Waals surface area contributed by atoms with Crippen molar-refractivity contribution in [2.75, 3.05) is 19.7 Å². The minimum atomic E-state index is -0.290. The molecule has 2 heterocycles. The van der Waals surface area contributed by atoms with Crippen molar-refractivity contribution in [1.82, 2.24) is 10.2 Å². The number of carbonyl (C=O) groups excluding carboxylic acids is 2. The first-order valence-electron chi connectivity index (χ1n) is 9.10. The molecule has 25 heavy (non-hydrogen) atoms. The highest BCUT2D eigenvalue weighted by atomic mass is 16.5. The molecule has 0 radical (unpaired) electrons. The summed E-state index contributed by atoms with van der Waals surface area (Å²) >= 11 is 0. The van der Waals surface area contributed by atoms with Gasteiger partial charge in [-0.2, -0.15) is 0 Å². The predicted octanol–water partition coefficient (Wildman–Crippen LogP) is 1.18. The Morgan fingerprint density at radius 2 is 2.08 bits per heavy atom. The van der Waals surface area contributed by atoms with Crippen LogP contribution in [-0.2, 0) is 27.4 Å². The molecule has 2 fully saturated rings. The van der Waals surface area contributed by atoms with Crippen molar-refractivity contribution in [3.8, 4) is 0 Å². The molecule has 1 aromatic carbocycles. The normalized spacial score (nSPS) is 24.2. The number of primary amides is 1. The number of nitrogens with two attached hydrogens (primary N) is 1. The van der Waals surface area contributed by atoms with Crippen molar-refractivity contribution in [2.45, 2.75) is 44.9 Å². The van der Waals surface area contributed by atoms with Crippen LogP contribution in [0.3, 0.4) is 0 Å². The van der Waals surface area contributed by atoms with E-state index in [9.17, 15) is 9.59 Å². The van der Waals surface area contributed by atoms with E-state index in [0.717, 1.165) is 50.9 Å². The minimum absolute atomic E-state index is 0.0248. The Kier molecular flexibility index (Phi) is 6.04. The van der Waals surface area contributed by atoms with Crippen molar-refractivity contribution in [3.63, 3.8) is 0 Å². The summed E-state index contributed by atoms with van der Waals surface area (Å²) < 4.78 is 5.40. The van der Waals surface area contributed by atoms with E-state index in [-0.39, 0.29) is 23.8 Å². The third-order valence-electron chi connectivity index (χ3n) is 4.99. The molecule has 1 aromatic rings. The standard InChI is InChI=1S/C19H27N3O3/c20-18(23)16-6-2-8-22(13-16)12-15-5-1-4-14(10-15)11-21-19(24)17-7-3-9-25-17/h1,4-5,10,16-17H,2-3,6-9,11-13H2,(H2,20,23)(H,21,24)/t16-,17+/m0/s1. The molecule has 2 aliphatic rings. The first-order chi connectivity index (χ1) is 12.1. The highest BCUT2D eigenvalue weighted by molar-refractivity contribution is 5.80. The number of piperidine rings is 1. The Labute approximate surface area is 148 Å². The van der Waals surface area contributed by atoms with Crippen molar-refractivity contribution < 1.29 is 14.3 Å². The Morgan fingerprint density at radius 1 is 1.24 bits per heavy atom. The van der Waals surface area contributed by atoms with Gasteiger partial charge >= 0.3 is 0 Å². The summed E-state index contributed by atoms with van der Waals surface area (Å²) in [6.45, 7) is 3.71. The Balaban J connectivity index is 1.52. The molecule has 2 amide bonds. The quantitative estimate of drug-likeness (QED) is 0.811. The molecule has 136 valence electrons. The zero-order valence-corrected chi connectivity index (χ0v) is 14.6. The van der Waals surface area contributed by atoms with Gasteiger partial charge in [0.15, 0.2) is 0 Å². The summed E-state index contributed by atoms with van der Waals surface area (Å²) in [5.41, 5.74) is 7.72. The summed E-state index contributed by atoms with van der Waals surface area (Å²) in [5.74, 6) is -0.263. The van der Waals surface area contributed by atoms with Gasteiger partial charge in [-0.15, -0.1) is 0 Å². The summed E-state index contributed by atoms with van der Waals surface area (Å²) in [6, 6.07) is 8.23. The SMILES string of the molecule is NC(=O)[C@H]1CCCN(Cc2cccc(CNC(=O)[C@H]3CCCO3)c2)C1. The van der Waals surface area contributed by atoms with Gasteiger partial charge in [0.1, 0.15) is 6.10 Å². The van der Waals surface area contributed by atoms with Crippen LogP contribution in [0.15, 0.2) is 24.3 Å². The highest BCUT2D eigenvalue weighted by Crippen LogP contribution is 2.19. The van der Waals surface area contributed by atoms with E-state index in [4.69, 9.17) is 10.5 Å². The van der Waals surface area contributed by atoms with Crippen LogP contribution < -0.4 is 11.1 Å². The monoisotopic (exact) mass is 345 g/mol. The molecular formula is C19H27N3O3. The molecule has 6 heteroatoms. The zero-order chi connectivity index (χ0) is 17.6. The molecule has 2 aliphatic heterocycles. The van der Waals surface area contributed by atoms with E-state index < -0.39 is 0 Å². The average molecular weight is 345 g/mol. The van der Waals surface area contributed by atoms with E-state index in [1.54, 1.807) is 0 Å². The van der Waals surface area contributed by atoms with E-state index in [1.807, 2.05) is 12.1 Å². The molecule has 0 unspecified atom stereocenters. The maximum Gasteiger partial charge on any atom is 0.249 e. The topological polar surface area (TPSA) is 84.7 Å². The van der Waals surface area contributed by atoms with Crippen LogP contribution in [0.5, 0.6) is 0 Å². The molecule has 2 atom stereocenters. The Bertz CT molecular complexity index is 614. The van der Waals surface area contributed by atoms with Gasteiger partial charge in [-0.3, -0.25) is 14.5 Å². The predicted molar refractivity (Wildman–Crippen MR) is 94.5 cm³/mol. The lowest BCUT2D eigenvalue weighted by Gasteiger charge is -2.31. The fraction of sp³-hybridized carbons (Fsp3) is 0.579. The first kappa shape index (κ1) is 17.9. The molecular weight excluding hydrogens is 318 g/mol. The second-order valence-corrected chi connectivity index (χ2v) is 7.02. The molecule has 3 rings (SSSR count). The van der Waals surface area contributed by atoms with Gasteiger partial charge in [-0.1, -0.05) is 24.3 Å². The van der Waals surface area contributed by atoms with Crippen LogP contribution in [0.2, 0.25) is 0 Å². The maximum absolute atomic E-state index is 12.0. The van der Waals surface area contributed by atoms with Gasteiger partial charge in [0, 0.05) is 26.2 Å². The van der Waals surface area contributed by atoms with Gasteiger partial charge < -0.3 is 15.8 Å². The van der Waals surface area contributed by atoms with Gasteiger partial charge in [-0.05, 0) is 43.4 Å². The van der Waals surface area contributed by atoms with Crippen LogP contribution in [0.4, 0.5) is 0 Å². The van der Waals surface area contributed by atoms with Gasteiger partial charge in [0.25, 0.3) is 0 Å². The van der Waals surface area contributed by atoms with E-state index in [2.05, 4.69) is 22.3 Å². The van der Waals surface area contributed by atoms with Crippen molar-refractivity contribution >= 4 is 11.8 Å². The van der Waals surface area contributed by atoms with Crippen LogP contribution in [-0.4, -0.2) is 42.5 Å². The minimum Gasteiger partial charge on any atom is -0.369 e. The Hall–Kier alpha value is -1.92. The number of rotatable bonds is 6. The molecule has 0 aromatic heterocycles. The van der Waals surface area contributed by atoms with E-state index in [1.165, 1.54) is 5.56 Å². The maximum atomic E-state index is 12.0. The number of likely N-dealkylation sites (tertiary alicyclic amines) is 1. The van der Waals surface area contributed by atoms with Crippen LogP contribution in [0.1, 0.15) is 36.8 Å². The van der Waals surface area contributed by atoms with E-state index >= 15 is 0 Å². The second kappa shape index (κ2) is 8.45. The molecule has 3 N–H and O–H groups in total. The van der Waals surface area contributed by atoms with Crippen LogP contribution in [0.25, 0.3) is 0 Å². The van der Waals surface area contributed by atoms with Gasteiger partial charge in [-0.25, -0.2) is 0 Å². The molecule has 0 saturated carbocycles. The highest BCUT2D eigenvalue weighted by Gasteiger charge is 2.24. The average Bonchev–Trinajstić information content (AvgIpc) is 3.15. The number of nitrogens with zero attached hydrogens (tertiary/aromatic N) is 1. The smallest absolute Gasteiger partial charge is 0.249 e. The molecule has 6 nitrogen and oxygen atoms in total. The van der Waals surface area contributed by atoms with Crippen molar-refractivity contribution in [3.05, 3.63) is 35.4 Å². The van der Waals surface area contributed by atoms with Crippen LogP contribution in [0, 0.1) is 5.92 Å². The van der Waals surface area contributed by atoms with E-state index in [0.29, 0.717) is 13.2 Å². The number of hydrogen-bond acceptors (Lipinski definition) is 4. The lowest BCUT2D eigenvalue weighted by molar-refractivity contribution is -0.130. The summed E-state index contributed by atoms with van der Waals surface area (Å²) in [7, 11) is 0. The third-order valence-corrected chi connectivity index (χ3v) is 4.99. The number of ether oxygens (including phenoxy) is 1. The lowest BCUT2D eigenvalue weighted by atomic mass is 9.97. The number of amides is 2. The molecule has 0 aliphatic carbocycles. The number of nitrogens with one attached hydrogen (secondary N) is 1. The molecule has 0 spiro atoms. The van der Waals surface area contributed by atoms with Crippen molar-refractivity contribution in [2.24, 2.45) is 11.7 Å². The number of carbonyl (C=O) groups is 2. The lowest BCUT2D eigenvalue weighted by Crippen LogP contribution is -2.40. The summed E-state index contributed by atoms with van der Waals surface area (Å²) in [4.78, 5) is 25.7. The Morgan fingerprint density at radius 3 is 2.84 bits per heavy atom. The molecule has 0 bridgehead atoms. The van der Waals surface area contributed by atoms with Gasteiger partial charge in [0.05, 0.1) is 5.92 Å².